The second-order valence-electron chi connectivity index (χ2n) is 5.82. The largest absolute Gasteiger partial charge is 0.491 e. The number of ether oxygens (including phenoxy) is 1. The lowest BCUT2D eigenvalue weighted by Crippen LogP contribution is -2.51. The van der Waals surface area contributed by atoms with Crippen molar-refractivity contribution in [2.75, 3.05) is 0 Å². The van der Waals surface area contributed by atoms with E-state index in [0.29, 0.717) is 6.54 Å². The van der Waals surface area contributed by atoms with Gasteiger partial charge < -0.3 is 15.8 Å². The van der Waals surface area contributed by atoms with Crippen molar-refractivity contribution >= 4 is 5.91 Å². The van der Waals surface area contributed by atoms with Crippen LogP contribution < -0.4 is 15.8 Å². The van der Waals surface area contributed by atoms with Crippen molar-refractivity contribution in [3.8, 4) is 5.75 Å². The molecule has 4 heteroatoms. The Kier molecular flexibility index (Phi) is 4.65. The van der Waals surface area contributed by atoms with Crippen LogP contribution in [0.3, 0.4) is 0 Å². The minimum Gasteiger partial charge on any atom is -0.491 e. The highest BCUT2D eigenvalue weighted by molar-refractivity contribution is 5.86. The molecule has 0 atom stereocenters. The monoisotopic (exact) mass is 276 g/mol. The van der Waals surface area contributed by atoms with Crippen molar-refractivity contribution in [1.82, 2.24) is 5.32 Å². The van der Waals surface area contributed by atoms with Crippen LogP contribution in [0.4, 0.5) is 0 Å². The normalized spacial score (nSPS) is 17.2. The summed E-state index contributed by atoms with van der Waals surface area (Å²) in [7, 11) is 0. The molecule has 1 aliphatic rings. The number of amides is 1. The molecule has 0 saturated heterocycles. The maximum Gasteiger partial charge on any atom is 0.240 e. The first-order chi connectivity index (χ1) is 9.51. The van der Waals surface area contributed by atoms with Gasteiger partial charge in [0, 0.05) is 12.1 Å². The number of carbonyl (C=O) groups is 1. The number of benzene rings is 1. The molecule has 110 valence electrons. The van der Waals surface area contributed by atoms with Gasteiger partial charge in [-0.3, -0.25) is 4.79 Å². The first-order valence-corrected chi connectivity index (χ1v) is 7.33. The van der Waals surface area contributed by atoms with Crippen LogP contribution in [0.5, 0.6) is 5.75 Å². The third-order valence-corrected chi connectivity index (χ3v) is 3.72. The Morgan fingerprint density at radius 1 is 1.35 bits per heavy atom. The van der Waals surface area contributed by atoms with Crippen LogP contribution in [0.2, 0.25) is 0 Å². The highest BCUT2D eigenvalue weighted by Crippen LogP contribution is 2.27. The Bertz CT molecular complexity index is 465. The van der Waals surface area contributed by atoms with E-state index in [1.165, 1.54) is 0 Å². The summed E-state index contributed by atoms with van der Waals surface area (Å²) in [5.74, 6) is 0.773. The molecule has 1 aliphatic carbocycles. The minimum absolute atomic E-state index is 0.0469. The number of nitrogens with one attached hydrogen (secondary N) is 1. The molecule has 0 heterocycles. The molecule has 0 radical (unpaired) electrons. The maximum absolute atomic E-state index is 12.2. The second kappa shape index (κ2) is 6.27. The van der Waals surface area contributed by atoms with Crippen LogP contribution in [0.15, 0.2) is 24.3 Å². The molecule has 0 unspecified atom stereocenters. The lowest BCUT2D eigenvalue weighted by atomic mass is 9.98. The van der Waals surface area contributed by atoms with Gasteiger partial charge >= 0.3 is 0 Å². The van der Waals surface area contributed by atoms with Gasteiger partial charge in [0.1, 0.15) is 5.75 Å². The van der Waals surface area contributed by atoms with Crippen LogP contribution in [-0.4, -0.2) is 17.6 Å². The Morgan fingerprint density at radius 2 is 2.00 bits per heavy atom. The van der Waals surface area contributed by atoms with Crippen molar-refractivity contribution in [2.24, 2.45) is 5.73 Å². The summed E-state index contributed by atoms with van der Waals surface area (Å²) in [4.78, 5) is 12.2. The van der Waals surface area contributed by atoms with Gasteiger partial charge in [0.25, 0.3) is 0 Å². The van der Waals surface area contributed by atoms with Crippen LogP contribution in [0, 0.1) is 0 Å². The molecule has 0 bridgehead atoms. The molecule has 1 aromatic carbocycles. The first kappa shape index (κ1) is 14.9. The van der Waals surface area contributed by atoms with Crippen molar-refractivity contribution in [1.29, 1.82) is 0 Å². The van der Waals surface area contributed by atoms with E-state index in [1.807, 2.05) is 38.1 Å². The summed E-state index contributed by atoms with van der Waals surface area (Å²) in [6.07, 6.45) is 3.75. The van der Waals surface area contributed by atoms with Gasteiger partial charge in [0.2, 0.25) is 5.91 Å². The van der Waals surface area contributed by atoms with E-state index in [4.69, 9.17) is 10.5 Å². The summed E-state index contributed by atoms with van der Waals surface area (Å²) in [5, 5.41) is 2.95. The molecular formula is C16H24N2O2. The minimum atomic E-state index is -0.673. The summed E-state index contributed by atoms with van der Waals surface area (Å²) in [6, 6.07) is 7.78. The molecule has 0 aromatic heterocycles. The lowest BCUT2D eigenvalue weighted by Gasteiger charge is -2.23. The third-order valence-electron chi connectivity index (χ3n) is 3.72. The topological polar surface area (TPSA) is 64.3 Å². The number of nitrogens with two attached hydrogens (primary N) is 1. The van der Waals surface area contributed by atoms with E-state index in [9.17, 15) is 4.79 Å². The van der Waals surface area contributed by atoms with Gasteiger partial charge in [-0.2, -0.15) is 0 Å². The number of para-hydroxylation sites is 1. The van der Waals surface area contributed by atoms with Gasteiger partial charge in [-0.15, -0.1) is 0 Å². The highest BCUT2D eigenvalue weighted by Gasteiger charge is 2.36. The van der Waals surface area contributed by atoms with Crippen LogP contribution in [0.25, 0.3) is 0 Å². The zero-order valence-corrected chi connectivity index (χ0v) is 12.3. The fourth-order valence-corrected chi connectivity index (χ4v) is 2.60. The zero-order chi connectivity index (χ0) is 14.6. The zero-order valence-electron chi connectivity index (χ0n) is 12.3. The Balaban J connectivity index is 1.98. The van der Waals surface area contributed by atoms with Crippen molar-refractivity contribution in [2.45, 2.75) is 57.7 Å². The van der Waals surface area contributed by atoms with Gasteiger partial charge in [-0.25, -0.2) is 0 Å². The quantitative estimate of drug-likeness (QED) is 0.867. The lowest BCUT2D eigenvalue weighted by molar-refractivity contribution is -0.126. The Labute approximate surface area is 120 Å². The Morgan fingerprint density at radius 3 is 2.65 bits per heavy atom. The summed E-state index contributed by atoms with van der Waals surface area (Å²) >= 11 is 0. The summed E-state index contributed by atoms with van der Waals surface area (Å²) in [5.41, 5.74) is 6.45. The maximum atomic E-state index is 12.2. The average molecular weight is 276 g/mol. The van der Waals surface area contributed by atoms with Crippen LogP contribution in [0.1, 0.15) is 45.1 Å². The smallest absolute Gasteiger partial charge is 0.240 e. The number of hydrogen-bond donors (Lipinski definition) is 2. The molecule has 0 aliphatic heterocycles. The SMILES string of the molecule is CC(C)Oc1ccccc1CNC(=O)C1(N)CCCC1. The van der Waals surface area contributed by atoms with Crippen molar-refractivity contribution < 1.29 is 9.53 Å². The van der Waals surface area contributed by atoms with E-state index in [0.717, 1.165) is 37.0 Å². The Hall–Kier alpha value is -1.55. The predicted octanol–water partition coefficient (Wildman–Crippen LogP) is 2.36. The van der Waals surface area contributed by atoms with Crippen molar-refractivity contribution in [3.05, 3.63) is 29.8 Å². The molecule has 4 nitrogen and oxygen atoms in total. The van der Waals surface area contributed by atoms with Gasteiger partial charge in [-0.1, -0.05) is 31.0 Å². The first-order valence-electron chi connectivity index (χ1n) is 7.33. The predicted molar refractivity (Wildman–Crippen MR) is 79.4 cm³/mol. The van der Waals surface area contributed by atoms with Gasteiger partial charge in [0.05, 0.1) is 11.6 Å². The summed E-state index contributed by atoms with van der Waals surface area (Å²) < 4.78 is 5.75. The highest BCUT2D eigenvalue weighted by atomic mass is 16.5. The van der Waals surface area contributed by atoms with Gasteiger partial charge in [-0.05, 0) is 32.8 Å². The summed E-state index contributed by atoms with van der Waals surface area (Å²) in [6.45, 7) is 4.44. The molecule has 1 amide bonds. The van der Waals surface area contributed by atoms with Crippen LogP contribution >= 0.6 is 0 Å². The molecule has 1 aromatic rings. The molecule has 0 spiro atoms. The molecule has 20 heavy (non-hydrogen) atoms. The van der Waals surface area contributed by atoms with E-state index >= 15 is 0 Å². The number of carbonyl (C=O) groups excluding carboxylic acids is 1. The van der Waals surface area contributed by atoms with Crippen LogP contribution in [-0.2, 0) is 11.3 Å². The fourth-order valence-electron chi connectivity index (χ4n) is 2.60. The average Bonchev–Trinajstić information content (AvgIpc) is 2.85. The number of rotatable bonds is 5. The fraction of sp³-hybridized carbons (Fsp3) is 0.562. The molecule has 3 N–H and O–H groups in total. The van der Waals surface area contributed by atoms with E-state index in [1.54, 1.807) is 0 Å². The number of hydrogen-bond acceptors (Lipinski definition) is 3. The second-order valence-corrected chi connectivity index (χ2v) is 5.82. The molecule has 1 fully saturated rings. The van der Waals surface area contributed by atoms with E-state index in [-0.39, 0.29) is 12.0 Å². The standard InChI is InChI=1S/C16H24N2O2/c1-12(2)20-14-8-4-3-7-13(14)11-18-15(19)16(17)9-5-6-10-16/h3-4,7-8,12H,5-6,9-11,17H2,1-2H3,(H,18,19). The molecule has 2 rings (SSSR count). The van der Waals surface area contributed by atoms with Gasteiger partial charge in [0.15, 0.2) is 0 Å². The molecule has 1 saturated carbocycles. The van der Waals surface area contributed by atoms with E-state index < -0.39 is 5.54 Å². The third kappa shape index (κ3) is 3.51. The van der Waals surface area contributed by atoms with E-state index in [2.05, 4.69) is 5.32 Å². The van der Waals surface area contributed by atoms with Crippen molar-refractivity contribution in [3.63, 3.8) is 0 Å². The molecular weight excluding hydrogens is 252 g/mol.